The lowest BCUT2D eigenvalue weighted by Crippen LogP contribution is -2.09. The second kappa shape index (κ2) is 9.38. The maximum atomic E-state index is 6.06. The van der Waals surface area contributed by atoms with Gasteiger partial charge in [-0.3, -0.25) is 0 Å². The molecule has 6 heteroatoms. The highest BCUT2D eigenvalue weighted by atomic mass is 35.5. The van der Waals surface area contributed by atoms with Crippen LogP contribution in [0.25, 0.3) is 0 Å². The van der Waals surface area contributed by atoms with Crippen LogP contribution in [0.2, 0.25) is 10.0 Å². The quantitative estimate of drug-likeness (QED) is 0.460. The molecule has 3 rings (SSSR count). The number of halogens is 2. The van der Waals surface area contributed by atoms with Gasteiger partial charge in [0.25, 0.3) is 0 Å². The molecular weight excluding hydrogens is 387 g/mol. The van der Waals surface area contributed by atoms with E-state index in [9.17, 15) is 0 Å². The Morgan fingerprint density at radius 3 is 2.12 bits per heavy atom. The summed E-state index contributed by atoms with van der Waals surface area (Å²) in [7, 11) is 0. The summed E-state index contributed by atoms with van der Waals surface area (Å²) in [6, 6.07) is 15.8. The van der Waals surface area contributed by atoms with Crippen LogP contribution in [0.3, 0.4) is 0 Å². The van der Waals surface area contributed by atoms with Crippen molar-refractivity contribution >= 4 is 39.7 Å². The number of thiazole rings is 1. The van der Waals surface area contributed by atoms with Crippen molar-refractivity contribution in [2.24, 2.45) is 0 Å². The molecule has 0 fully saturated rings. The van der Waals surface area contributed by atoms with Crippen LogP contribution in [0.4, 0.5) is 5.13 Å². The first kappa shape index (κ1) is 19.2. The van der Waals surface area contributed by atoms with Crippen LogP contribution in [-0.4, -0.2) is 24.7 Å². The Kier molecular flexibility index (Phi) is 6.92. The Hall–Kier alpha value is -1.59. The Balaban J connectivity index is 1.87. The molecule has 0 saturated carbocycles. The van der Waals surface area contributed by atoms with Gasteiger partial charge in [0.2, 0.25) is 0 Å². The van der Waals surface area contributed by atoms with Gasteiger partial charge >= 0.3 is 0 Å². The first-order valence-corrected chi connectivity index (χ1v) is 10.1. The lowest BCUT2D eigenvalue weighted by atomic mass is 9.89. The van der Waals surface area contributed by atoms with Crippen LogP contribution in [0, 0.1) is 0 Å². The number of hydrogen-bond donors (Lipinski definition) is 1. The predicted molar refractivity (Wildman–Crippen MR) is 111 cm³/mol. The topological polar surface area (TPSA) is 34.1 Å². The molecule has 2 aromatic carbocycles. The summed E-state index contributed by atoms with van der Waals surface area (Å²) < 4.78 is 5.36. The summed E-state index contributed by atoms with van der Waals surface area (Å²) >= 11 is 13.7. The molecule has 0 spiro atoms. The van der Waals surface area contributed by atoms with Gasteiger partial charge in [-0.05, 0) is 42.3 Å². The van der Waals surface area contributed by atoms with Crippen molar-refractivity contribution in [2.75, 3.05) is 25.1 Å². The molecule has 0 amide bonds. The number of nitrogens with zero attached hydrogens (tertiary/aromatic N) is 1. The number of anilines is 1. The Morgan fingerprint density at radius 2 is 1.58 bits per heavy atom. The molecule has 0 atom stereocenters. The third kappa shape index (κ3) is 4.98. The van der Waals surface area contributed by atoms with E-state index < -0.39 is 0 Å². The number of rotatable bonds is 8. The zero-order valence-corrected chi connectivity index (χ0v) is 16.7. The van der Waals surface area contributed by atoms with Crippen LogP contribution in [0.15, 0.2) is 53.9 Å². The molecule has 0 aliphatic carbocycles. The van der Waals surface area contributed by atoms with Crippen LogP contribution in [0.5, 0.6) is 0 Å². The van der Waals surface area contributed by atoms with Gasteiger partial charge in [0.15, 0.2) is 5.13 Å². The fraction of sp³-hybridized carbons (Fsp3) is 0.250. The smallest absolute Gasteiger partial charge is 0.182 e. The molecule has 1 heterocycles. The van der Waals surface area contributed by atoms with Crippen LogP contribution in [0.1, 0.15) is 29.7 Å². The molecule has 1 aromatic heterocycles. The highest BCUT2D eigenvalue weighted by Gasteiger charge is 2.20. The maximum absolute atomic E-state index is 6.06. The molecule has 0 aliphatic heterocycles. The highest BCUT2D eigenvalue weighted by Crippen LogP contribution is 2.34. The normalized spacial score (nSPS) is 11.1. The Bertz CT molecular complexity index is 773. The number of hydrogen-bond acceptors (Lipinski definition) is 4. The lowest BCUT2D eigenvalue weighted by Gasteiger charge is -2.16. The van der Waals surface area contributed by atoms with Crippen LogP contribution < -0.4 is 5.32 Å². The van der Waals surface area contributed by atoms with E-state index in [-0.39, 0.29) is 5.92 Å². The summed E-state index contributed by atoms with van der Waals surface area (Å²) in [6.07, 6.45) is 0. The standard InChI is InChI=1S/C20H20Cl2N2OS/c1-2-25-12-11-23-20-24-18(13-26-20)19(14-3-7-16(21)8-4-14)15-5-9-17(22)10-6-15/h3-10,13,19H,2,11-12H2,1H3,(H,23,24). The van der Waals surface area contributed by atoms with Crippen molar-refractivity contribution in [3.63, 3.8) is 0 Å². The van der Waals surface area contributed by atoms with E-state index in [1.54, 1.807) is 11.3 Å². The largest absolute Gasteiger partial charge is 0.380 e. The van der Waals surface area contributed by atoms with Gasteiger partial charge in [0.1, 0.15) is 0 Å². The molecule has 1 N–H and O–H groups in total. The summed E-state index contributed by atoms with van der Waals surface area (Å²) in [6.45, 7) is 4.13. The molecule has 3 aromatic rings. The SMILES string of the molecule is CCOCCNc1nc(C(c2ccc(Cl)cc2)c2ccc(Cl)cc2)cs1. The first-order chi connectivity index (χ1) is 12.7. The average molecular weight is 407 g/mol. The van der Waals surface area contributed by atoms with Crippen LogP contribution >= 0.6 is 34.5 Å². The number of aromatic nitrogens is 1. The molecule has 3 nitrogen and oxygen atoms in total. The Labute approximate surface area is 168 Å². The summed E-state index contributed by atoms with van der Waals surface area (Å²) in [5.74, 6) is 0.0308. The molecule has 0 radical (unpaired) electrons. The van der Waals surface area contributed by atoms with E-state index in [1.807, 2.05) is 55.5 Å². The minimum atomic E-state index is 0.0308. The molecule has 0 bridgehead atoms. The van der Waals surface area contributed by atoms with Gasteiger partial charge in [0.05, 0.1) is 18.2 Å². The van der Waals surface area contributed by atoms with Crippen molar-refractivity contribution in [2.45, 2.75) is 12.8 Å². The van der Waals surface area contributed by atoms with E-state index in [1.165, 1.54) is 0 Å². The summed E-state index contributed by atoms with van der Waals surface area (Å²) in [5.41, 5.74) is 3.28. The number of ether oxygens (including phenoxy) is 1. The van der Waals surface area contributed by atoms with Gasteiger partial charge in [0, 0.05) is 28.6 Å². The zero-order valence-electron chi connectivity index (χ0n) is 14.4. The second-order valence-corrected chi connectivity index (χ2v) is 7.47. The van der Waals surface area contributed by atoms with E-state index >= 15 is 0 Å². The Morgan fingerprint density at radius 1 is 1.00 bits per heavy atom. The molecule has 0 saturated heterocycles. The van der Waals surface area contributed by atoms with E-state index in [0.29, 0.717) is 6.61 Å². The van der Waals surface area contributed by atoms with Crippen molar-refractivity contribution in [3.8, 4) is 0 Å². The minimum absolute atomic E-state index is 0.0308. The van der Waals surface area contributed by atoms with Crippen molar-refractivity contribution < 1.29 is 4.74 Å². The monoisotopic (exact) mass is 406 g/mol. The summed E-state index contributed by atoms with van der Waals surface area (Å²) in [4.78, 5) is 4.79. The predicted octanol–water partition coefficient (Wildman–Crippen LogP) is 6.08. The van der Waals surface area contributed by atoms with Gasteiger partial charge in [-0.25, -0.2) is 4.98 Å². The third-order valence-corrected chi connectivity index (χ3v) is 5.27. The first-order valence-electron chi connectivity index (χ1n) is 8.45. The summed E-state index contributed by atoms with van der Waals surface area (Å²) in [5, 5.41) is 7.75. The maximum Gasteiger partial charge on any atom is 0.182 e. The van der Waals surface area contributed by atoms with Gasteiger partial charge < -0.3 is 10.1 Å². The van der Waals surface area contributed by atoms with Crippen molar-refractivity contribution in [1.82, 2.24) is 4.98 Å². The minimum Gasteiger partial charge on any atom is -0.380 e. The van der Waals surface area contributed by atoms with Crippen molar-refractivity contribution in [1.29, 1.82) is 0 Å². The molecular formula is C20H20Cl2N2OS. The molecule has 0 unspecified atom stereocenters. The van der Waals surface area contributed by atoms with Crippen molar-refractivity contribution in [3.05, 3.63) is 80.8 Å². The third-order valence-electron chi connectivity index (χ3n) is 3.95. The molecule has 0 aliphatic rings. The average Bonchev–Trinajstić information content (AvgIpc) is 3.11. The van der Waals surface area contributed by atoms with E-state index in [2.05, 4.69) is 10.7 Å². The fourth-order valence-corrected chi connectivity index (χ4v) is 3.74. The van der Waals surface area contributed by atoms with Gasteiger partial charge in [-0.15, -0.1) is 11.3 Å². The lowest BCUT2D eigenvalue weighted by molar-refractivity contribution is 0.158. The van der Waals surface area contributed by atoms with E-state index in [0.717, 1.165) is 45.1 Å². The fourth-order valence-electron chi connectivity index (χ4n) is 2.72. The molecule has 26 heavy (non-hydrogen) atoms. The zero-order chi connectivity index (χ0) is 18.4. The van der Waals surface area contributed by atoms with Gasteiger partial charge in [-0.2, -0.15) is 0 Å². The number of nitrogens with one attached hydrogen (secondary N) is 1. The molecule has 136 valence electrons. The number of benzene rings is 2. The van der Waals surface area contributed by atoms with Crippen LogP contribution in [-0.2, 0) is 4.74 Å². The van der Waals surface area contributed by atoms with E-state index in [4.69, 9.17) is 32.9 Å². The van der Waals surface area contributed by atoms with Gasteiger partial charge in [-0.1, -0.05) is 47.5 Å². The highest BCUT2D eigenvalue weighted by molar-refractivity contribution is 7.13. The second-order valence-electron chi connectivity index (χ2n) is 5.74.